The number of carboxylic acid groups (broad SMARTS) is 1. The lowest BCUT2D eigenvalue weighted by molar-refractivity contribution is -0.327. The van der Waals surface area contributed by atoms with Gasteiger partial charge in [-0.25, -0.2) is 0 Å². The van der Waals surface area contributed by atoms with Crippen LogP contribution in [0, 0.1) is 0 Å². The van der Waals surface area contributed by atoms with Crippen LogP contribution in [-0.2, 0) is 15.2 Å². The standard InChI is InChI=1S/C18H18O5/c1-12(19)16(20)15(13-8-4-2-5-9-13)18(23,17(21)22)14-10-6-3-7-11-14/h2-12,15,19,23H,1H3,(H,21,22)/p-1. The summed E-state index contributed by atoms with van der Waals surface area (Å²) in [6, 6.07) is 15.6. The maximum absolute atomic E-state index is 12.5. The molecule has 0 spiro atoms. The van der Waals surface area contributed by atoms with E-state index in [-0.39, 0.29) is 11.1 Å². The summed E-state index contributed by atoms with van der Waals surface area (Å²) in [4.78, 5) is 24.2. The summed E-state index contributed by atoms with van der Waals surface area (Å²) in [5, 5.41) is 32.3. The Labute approximate surface area is 133 Å². The molecule has 0 radical (unpaired) electrons. The first kappa shape index (κ1) is 16.9. The van der Waals surface area contributed by atoms with Crippen molar-refractivity contribution in [3.63, 3.8) is 0 Å². The van der Waals surface area contributed by atoms with Gasteiger partial charge in [-0.05, 0) is 18.1 Å². The zero-order valence-electron chi connectivity index (χ0n) is 12.5. The zero-order valence-corrected chi connectivity index (χ0v) is 12.5. The Bertz CT molecular complexity index is 681. The highest BCUT2D eigenvalue weighted by atomic mass is 16.4. The van der Waals surface area contributed by atoms with E-state index in [0.29, 0.717) is 0 Å². The minimum absolute atomic E-state index is 0.0165. The first-order valence-electron chi connectivity index (χ1n) is 7.15. The highest BCUT2D eigenvalue weighted by molar-refractivity contribution is 5.96. The lowest BCUT2D eigenvalue weighted by Gasteiger charge is -2.37. The summed E-state index contributed by atoms with van der Waals surface area (Å²) in [7, 11) is 0. The molecule has 0 fully saturated rings. The fourth-order valence-corrected chi connectivity index (χ4v) is 2.59. The number of aliphatic hydroxyl groups is 2. The molecule has 3 unspecified atom stereocenters. The fourth-order valence-electron chi connectivity index (χ4n) is 2.59. The lowest BCUT2D eigenvalue weighted by atomic mass is 9.74. The van der Waals surface area contributed by atoms with Crippen molar-refractivity contribution in [2.45, 2.75) is 24.5 Å². The van der Waals surface area contributed by atoms with Gasteiger partial charge in [0.1, 0.15) is 11.7 Å². The number of Topliss-reactive ketones (excluding diaryl/α,β-unsaturated/α-hetero) is 1. The van der Waals surface area contributed by atoms with Crippen LogP contribution in [0.5, 0.6) is 0 Å². The van der Waals surface area contributed by atoms with Gasteiger partial charge in [0.15, 0.2) is 5.78 Å². The van der Waals surface area contributed by atoms with Crippen molar-refractivity contribution in [3.05, 3.63) is 71.8 Å². The summed E-state index contributed by atoms with van der Waals surface area (Å²) in [6.07, 6.45) is -1.44. The van der Waals surface area contributed by atoms with Gasteiger partial charge in [-0.2, -0.15) is 0 Å². The second kappa shape index (κ2) is 6.73. The number of benzene rings is 2. The third kappa shape index (κ3) is 3.16. The van der Waals surface area contributed by atoms with Gasteiger partial charge in [0.25, 0.3) is 0 Å². The normalized spacial score (nSPS) is 16.1. The molecule has 0 amide bonds. The van der Waals surface area contributed by atoms with Crippen LogP contribution in [0.1, 0.15) is 24.0 Å². The average Bonchev–Trinajstić information content (AvgIpc) is 2.56. The van der Waals surface area contributed by atoms with Gasteiger partial charge < -0.3 is 20.1 Å². The van der Waals surface area contributed by atoms with E-state index in [1.165, 1.54) is 31.2 Å². The molecular weight excluding hydrogens is 296 g/mol. The van der Waals surface area contributed by atoms with Gasteiger partial charge in [0.05, 0.1) is 11.9 Å². The number of aliphatic carboxylic acids is 1. The van der Waals surface area contributed by atoms with Crippen LogP contribution in [0.15, 0.2) is 60.7 Å². The molecule has 0 aliphatic rings. The fraction of sp³-hybridized carbons (Fsp3) is 0.222. The molecule has 2 N–H and O–H groups in total. The van der Waals surface area contributed by atoms with Gasteiger partial charge in [-0.3, -0.25) is 4.79 Å². The van der Waals surface area contributed by atoms with Crippen LogP contribution in [-0.4, -0.2) is 28.1 Å². The second-order valence-corrected chi connectivity index (χ2v) is 5.34. The molecule has 0 aliphatic heterocycles. The van der Waals surface area contributed by atoms with Crippen LogP contribution < -0.4 is 5.11 Å². The van der Waals surface area contributed by atoms with Crippen molar-refractivity contribution >= 4 is 11.8 Å². The topological polar surface area (TPSA) is 97.7 Å². The van der Waals surface area contributed by atoms with E-state index < -0.39 is 29.4 Å². The Morgan fingerprint density at radius 1 is 1.00 bits per heavy atom. The highest BCUT2D eigenvalue weighted by Crippen LogP contribution is 2.38. The summed E-state index contributed by atoms with van der Waals surface area (Å²) < 4.78 is 0. The Hall–Kier alpha value is -2.50. The molecule has 0 saturated heterocycles. The molecule has 0 aliphatic carbocycles. The van der Waals surface area contributed by atoms with E-state index in [0.717, 1.165) is 0 Å². The number of carbonyl (C=O) groups is 2. The molecule has 5 heteroatoms. The molecule has 2 rings (SSSR count). The molecule has 2 aromatic carbocycles. The van der Waals surface area contributed by atoms with Gasteiger partial charge >= 0.3 is 0 Å². The van der Waals surface area contributed by atoms with Gasteiger partial charge in [0, 0.05) is 0 Å². The number of hydrogen-bond donors (Lipinski definition) is 2. The molecule has 2 aromatic rings. The van der Waals surface area contributed by atoms with E-state index in [1.807, 2.05) is 0 Å². The number of rotatable bonds is 6. The Balaban J connectivity index is 2.68. The molecule has 0 bridgehead atoms. The highest BCUT2D eigenvalue weighted by Gasteiger charge is 2.46. The van der Waals surface area contributed by atoms with Crippen molar-refractivity contribution in [1.82, 2.24) is 0 Å². The largest absolute Gasteiger partial charge is 0.547 e. The number of carboxylic acids is 1. The van der Waals surface area contributed by atoms with E-state index in [1.54, 1.807) is 36.4 Å². The SMILES string of the molecule is CC(O)C(=O)C(c1ccccc1)C(O)(C(=O)[O-])c1ccccc1. The monoisotopic (exact) mass is 313 g/mol. The van der Waals surface area contributed by atoms with Crippen molar-refractivity contribution in [2.75, 3.05) is 0 Å². The first-order valence-corrected chi connectivity index (χ1v) is 7.15. The van der Waals surface area contributed by atoms with Crippen molar-refractivity contribution < 1.29 is 24.9 Å². The van der Waals surface area contributed by atoms with Crippen LogP contribution in [0.2, 0.25) is 0 Å². The van der Waals surface area contributed by atoms with Crippen molar-refractivity contribution in [3.8, 4) is 0 Å². The zero-order chi connectivity index (χ0) is 17.0. The van der Waals surface area contributed by atoms with Crippen molar-refractivity contribution in [1.29, 1.82) is 0 Å². The van der Waals surface area contributed by atoms with E-state index in [9.17, 15) is 24.9 Å². The summed E-state index contributed by atoms with van der Waals surface area (Å²) in [5.74, 6) is -4.09. The van der Waals surface area contributed by atoms with Gasteiger partial charge in [0.2, 0.25) is 0 Å². The van der Waals surface area contributed by atoms with Crippen LogP contribution >= 0.6 is 0 Å². The first-order chi connectivity index (χ1) is 10.9. The van der Waals surface area contributed by atoms with Crippen molar-refractivity contribution in [2.24, 2.45) is 0 Å². The molecule has 23 heavy (non-hydrogen) atoms. The van der Waals surface area contributed by atoms with Gasteiger partial charge in [-0.1, -0.05) is 60.7 Å². The Morgan fingerprint density at radius 3 is 1.91 bits per heavy atom. The predicted octanol–water partition coefficient (Wildman–Crippen LogP) is 0.358. The predicted molar refractivity (Wildman–Crippen MR) is 81.2 cm³/mol. The van der Waals surface area contributed by atoms with E-state index >= 15 is 0 Å². The minimum atomic E-state index is -2.59. The maximum Gasteiger partial charge on any atom is 0.172 e. The summed E-state index contributed by atoms with van der Waals surface area (Å²) in [6.45, 7) is 1.24. The smallest absolute Gasteiger partial charge is 0.172 e. The molecule has 5 nitrogen and oxygen atoms in total. The Kier molecular flexibility index (Phi) is 4.93. The molecule has 120 valence electrons. The minimum Gasteiger partial charge on any atom is -0.547 e. The van der Waals surface area contributed by atoms with Gasteiger partial charge in [-0.15, -0.1) is 0 Å². The second-order valence-electron chi connectivity index (χ2n) is 5.34. The van der Waals surface area contributed by atoms with Crippen LogP contribution in [0.4, 0.5) is 0 Å². The molecule has 3 atom stereocenters. The molecule has 0 heterocycles. The maximum atomic E-state index is 12.5. The number of hydrogen-bond acceptors (Lipinski definition) is 5. The number of aliphatic hydroxyl groups excluding tert-OH is 1. The summed E-state index contributed by atoms with van der Waals surface area (Å²) >= 11 is 0. The molecular formula is C18H17O5-. The Morgan fingerprint density at radius 2 is 1.48 bits per heavy atom. The van der Waals surface area contributed by atoms with E-state index in [4.69, 9.17) is 0 Å². The number of ketones is 1. The van der Waals surface area contributed by atoms with Crippen LogP contribution in [0.25, 0.3) is 0 Å². The number of carbonyl (C=O) groups excluding carboxylic acids is 2. The molecule has 0 saturated carbocycles. The average molecular weight is 313 g/mol. The molecule has 0 aromatic heterocycles. The third-order valence-corrected chi connectivity index (χ3v) is 3.77. The lowest BCUT2D eigenvalue weighted by Crippen LogP contribution is -2.53. The van der Waals surface area contributed by atoms with E-state index in [2.05, 4.69) is 0 Å². The summed E-state index contributed by atoms with van der Waals surface area (Å²) in [5.41, 5.74) is -2.28. The quantitative estimate of drug-likeness (QED) is 0.802. The third-order valence-electron chi connectivity index (χ3n) is 3.77. The van der Waals surface area contributed by atoms with Crippen LogP contribution in [0.3, 0.4) is 0 Å².